The average Bonchev–Trinajstić information content (AvgIpc) is 2.90. The fraction of sp³-hybridized carbons (Fsp3) is 0.706. The molecule has 1 aromatic heterocycles. The Morgan fingerprint density at radius 2 is 2.29 bits per heavy atom. The molecule has 2 rings (SSSR count). The Hall–Kier alpha value is -1.13. The Morgan fingerprint density at radius 1 is 1.48 bits per heavy atom. The van der Waals surface area contributed by atoms with Crippen LogP contribution < -0.4 is 10.2 Å². The molecule has 1 aliphatic rings. The van der Waals surface area contributed by atoms with Crippen molar-refractivity contribution in [1.29, 1.82) is 0 Å². The molecule has 0 amide bonds. The largest absolute Gasteiger partial charge is 0.358 e. The maximum atomic E-state index is 4.64. The van der Waals surface area contributed by atoms with Crippen LogP contribution in [-0.2, 0) is 0 Å². The maximum absolute atomic E-state index is 4.64. The maximum Gasteiger partial charge on any atom is 0.128 e. The van der Waals surface area contributed by atoms with E-state index in [4.69, 9.17) is 0 Å². The molecule has 4 heteroatoms. The van der Waals surface area contributed by atoms with Gasteiger partial charge in [-0.3, -0.25) is 0 Å². The molecule has 2 unspecified atom stereocenters. The molecule has 1 N–H and O–H groups in total. The number of rotatable bonds is 7. The molecular formula is C17H30N4. The predicted molar refractivity (Wildman–Crippen MR) is 89.9 cm³/mol. The number of likely N-dealkylation sites (tertiary alicyclic amines) is 1. The van der Waals surface area contributed by atoms with Crippen molar-refractivity contribution in [3.63, 3.8) is 0 Å². The first-order valence-corrected chi connectivity index (χ1v) is 8.22. The molecular weight excluding hydrogens is 260 g/mol. The van der Waals surface area contributed by atoms with Crippen LogP contribution in [0.1, 0.15) is 44.7 Å². The molecule has 1 fully saturated rings. The topological polar surface area (TPSA) is 31.4 Å². The summed E-state index contributed by atoms with van der Waals surface area (Å²) in [5.74, 6) is 1.07. The number of aromatic nitrogens is 1. The smallest absolute Gasteiger partial charge is 0.128 e. The molecule has 0 saturated carbocycles. The van der Waals surface area contributed by atoms with Gasteiger partial charge in [0, 0.05) is 31.9 Å². The molecule has 4 nitrogen and oxygen atoms in total. The quantitative estimate of drug-likeness (QED) is 0.836. The summed E-state index contributed by atoms with van der Waals surface area (Å²) in [5.41, 5.74) is 1.26. The van der Waals surface area contributed by atoms with Gasteiger partial charge < -0.3 is 15.1 Å². The SMILES string of the molecule is CCCNC(C)c1ccc(N(C)CC2CCCN2C)nc1. The van der Waals surface area contributed by atoms with Gasteiger partial charge in [-0.05, 0) is 58.0 Å². The fourth-order valence-electron chi connectivity index (χ4n) is 2.98. The molecule has 0 spiro atoms. The second kappa shape index (κ2) is 7.76. The lowest BCUT2D eigenvalue weighted by Crippen LogP contribution is -2.36. The van der Waals surface area contributed by atoms with Gasteiger partial charge in [-0.2, -0.15) is 0 Å². The molecule has 0 radical (unpaired) electrons. The van der Waals surface area contributed by atoms with Gasteiger partial charge in [-0.1, -0.05) is 13.0 Å². The third-order valence-corrected chi connectivity index (χ3v) is 4.52. The van der Waals surface area contributed by atoms with Crippen LogP contribution in [0.3, 0.4) is 0 Å². The Balaban J connectivity index is 1.91. The van der Waals surface area contributed by atoms with Crippen molar-refractivity contribution in [2.24, 2.45) is 0 Å². The summed E-state index contributed by atoms with van der Waals surface area (Å²) in [6.07, 6.45) is 5.80. The van der Waals surface area contributed by atoms with Crippen molar-refractivity contribution in [2.75, 3.05) is 38.6 Å². The first-order chi connectivity index (χ1) is 10.1. The lowest BCUT2D eigenvalue weighted by molar-refractivity contribution is 0.314. The van der Waals surface area contributed by atoms with E-state index in [9.17, 15) is 0 Å². The zero-order chi connectivity index (χ0) is 15.2. The predicted octanol–water partition coefficient (Wildman–Crippen LogP) is 2.67. The van der Waals surface area contributed by atoms with Crippen molar-refractivity contribution in [1.82, 2.24) is 15.2 Å². The van der Waals surface area contributed by atoms with E-state index in [1.807, 2.05) is 6.20 Å². The lowest BCUT2D eigenvalue weighted by Gasteiger charge is -2.26. The summed E-state index contributed by atoms with van der Waals surface area (Å²) in [5, 5.41) is 3.50. The fourth-order valence-corrected chi connectivity index (χ4v) is 2.98. The highest BCUT2D eigenvalue weighted by Crippen LogP contribution is 2.19. The number of nitrogens with one attached hydrogen (secondary N) is 1. The Kier molecular flexibility index (Phi) is 6.00. The molecule has 2 heterocycles. The Morgan fingerprint density at radius 3 is 2.86 bits per heavy atom. The second-order valence-corrected chi connectivity index (χ2v) is 6.28. The minimum atomic E-state index is 0.373. The van der Waals surface area contributed by atoms with E-state index in [1.54, 1.807) is 0 Å². The molecule has 0 aliphatic carbocycles. The van der Waals surface area contributed by atoms with Crippen LogP contribution in [0.2, 0.25) is 0 Å². The number of nitrogens with zero attached hydrogens (tertiary/aromatic N) is 3. The van der Waals surface area contributed by atoms with Crippen LogP contribution >= 0.6 is 0 Å². The minimum absolute atomic E-state index is 0.373. The van der Waals surface area contributed by atoms with Crippen LogP contribution in [0, 0.1) is 0 Å². The Labute approximate surface area is 129 Å². The summed E-state index contributed by atoms with van der Waals surface area (Å²) in [7, 11) is 4.37. The first kappa shape index (κ1) is 16.2. The summed E-state index contributed by atoms with van der Waals surface area (Å²) in [4.78, 5) is 9.38. The van der Waals surface area contributed by atoms with Crippen LogP contribution in [0.25, 0.3) is 0 Å². The van der Waals surface area contributed by atoms with Crippen LogP contribution in [0.15, 0.2) is 18.3 Å². The number of hydrogen-bond acceptors (Lipinski definition) is 4. The van der Waals surface area contributed by atoms with Crippen molar-refractivity contribution in [3.8, 4) is 0 Å². The van der Waals surface area contributed by atoms with Gasteiger partial charge in [0.25, 0.3) is 0 Å². The van der Waals surface area contributed by atoms with E-state index < -0.39 is 0 Å². The normalized spacial score (nSPS) is 20.7. The van der Waals surface area contributed by atoms with Crippen LogP contribution in [-0.4, -0.2) is 49.7 Å². The van der Waals surface area contributed by atoms with Crippen LogP contribution in [0.5, 0.6) is 0 Å². The number of pyridine rings is 1. The lowest BCUT2D eigenvalue weighted by atomic mass is 10.1. The Bertz CT molecular complexity index is 417. The summed E-state index contributed by atoms with van der Waals surface area (Å²) >= 11 is 0. The highest BCUT2D eigenvalue weighted by molar-refractivity contribution is 5.39. The van der Waals surface area contributed by atoms with Gasteiger partial charge in [0.15, 0.2) is 0 Å². The van der Waals surface area contributed by atoms with Gasteiger partial charge in [-0.25, -0.2) is 4.98 Å². The number of hydrogen-bond donors (Lipinski definition) is 1. The minimum Gasteiger partial charge on any atom is -0.358 e. The molecule has 1 saturated heterocycles. The molecule has 2 atom stereocenters. The van der Waals surface area contributed by atoms with Crippen molar-refractivity contribution in [2.45, 2.75) is 45.2 Å². The van der Waals surface area contributed by atoms with Crippen molar-refractivity contribution in [3.05, 3.63) is 23.9 Å². The third kappa shape index (κ3) is 4.42. The molecule has 1 aromatic rings. The van der Waals surface area contributed by atoms with E-state index in [2.05, 4.69) is 60.2 Å². The monoisotopic (exact) mass is 290 g/mol. The average molecular weight is 290 g/mol. The van der Waals surface area contributed by atoms with E-state index in [0.29, 0.717) is 12.1 Å². The summed E-state index contributed by atoms with van der Waals surface area (Å²) < 4.78 is 0. The highest BCUT2D eigenvalue weighted by Gasteiger charge is 2.22. The van der Waals surface area contributed by atoms with Gasteiger partial charge in [-0.15, -0.1) is 0 Å². The van der Waals surface area contributed by atoms with Crippen LogP contribution in [0.4, 0.5) is 5.82 Å². The standard InChI is InChI=1S/C17H30N4/c1-5-10-18-14(2)15-8-9-17(19-12-15)21(4)13-16-7-6-11-20(16)3/h8-9,12,14,16,18H,5-7,10-11,13H2,1-4H3. The highest BCUT2D eigenvalue weighted by atomic mass is 15.2. The first-order valence-electron chi connectivity index (χ1n) is 8.22. The van der Waals surface area contributed by atoms with E-state index in [-0.39, 0.29) is 0 Å². The van der Waals surface area contributed by atoms with E-state index >= 15 is 0 Å². The third-order valence-electron chi connectivity index (χ3n) is 4.52. The molecule has 118 valence electrons. The number of anilines is 1. The molecule has 0 bridgehead atoms. The molecule has 1 aliphatic heterocycles. The van der Waals surface area contributed by atoms with Gasteiger partial charge >= 0.3 is 0 Å². The van der Waals surface area contributed by atoms with Crippen molar-refractivity contribution < 1.29 is 0 Å². The van der Waals surface area contributed by atoms with Gasteiger partial charge in [0.1, 0.15) is 5.82 Å². The van der Waals surface area contributed by atoms with E-state index in [0.717, 1.165) is 25.3 Å². The summed E-state index contributed by atoms with van der Waals surface area (Å²) in [6, 6.07) is 5.39. The second-order valence-electron chi connectivity index (χ2n) is 6.28. The summed E-state index contributed by atoms with van der Waals surface area (Å²) in [6.45, 7) is 7.73. The van der Waals surface area contributed by atoms with Crippen molar-refractivity contribution >= 4 is 5.82 Å². The molecule has 21 heavy (non-hydrogen) atoms. The van der Waals surface area contributed by atoms with Gasteiger partial charge in [0.05, 0.1) is 0 Å². The zero-order valence-electron chi connectivity index (χ0n) is 14.0. The number of likely N-dealkylation sites (N-methyl/N-ethyl adjacent to an activating group) is 2. The van der Waals surface area contributed by atoms with E-state index in [1.165, 1.54) is 24.9 Å². The molecule has 0 aromatic carbocycles. The zero-order valence-corrected chi connectivity index (χ0v) is 14.0. The van der Waals surface area contributed by atoms with Gasteiger partial charge in [0.2, 0.25) is 0 Å².